The minimum atomic E-state index is -9.30. The summed E-state index contributed by atoms with van der Waals surface area (Å²) in [5, 5.41) is 0. The van der Waals surface area contributed by atoms with Crippen LogP contribution in [0.3, 0.4) is 0 Å². The molecule has 0 nitrogen and oxygen atoms in total. The predicted octanol–water partition coefficient (Wildman–Crippen LogP) is 5.38. The van der Waals surface area contributed by atoms with Crippen LogP contribution in [0, 0.1) is 0 Å². The van der Waals surface area contributed by atoms with Crippen LogP contribution in [0.5, 0.6) is 0 Å². The van der Waals surface area contributed by atoms with Gasteiger partial charge in [-0.3, -0.25) is 0 Å². The molecule has 0 radical (unpaired) electrons. The van der Waals surface area contributed by atoms with E-state index in [2.05, 4.69) is 11.1 Å². The number of halogens is 16. The molecule has 0 rings (SSSR count). The SMILES string of the molecule is FC(F)(F)C(F)(F)C(F)(F)C(F)(F)[Si](Cl)(C(F)(F)F)C(F)(F)F. The lowest BCUT2D eigenvalue weighted by Gasteiger charge is -2.41. The molecule has 0 amide bonds. The number of hydrogen-bond donors (Lipinski definition) is 0. The third-order valence-electron chi connectivity index (χ3n) is 2.36. The fraction of sp³-hybridized carbons (Fsp3) is 1.00. The molecule has 0 aliphatic rings. The maximum Gasteiger partial charge on any atom is 0.479 e. The monoisotopic (exact) mass is 420 g/mol. The molecule has 0 N–H and O–H groups in total. The van der Waals surface area contributed by atoms with Gasteiger partial charge in [0.2, 0.25) is 0 Å². The third kappa shape index (κ3) is 2.84. The maximum absolute atomic E-state index is 13.0. The van der Waals surface area contributed by atoms with Crippen molar-refractivity contribution in [1.82, 2.24) is 0 Å². The Morgan fingerprint density at radius 3 is 0.913 bits per heavy atom. The van der Waals surface area contributed by atoms with Crippen LogP contribution in [-0.4, -0.2) is 42.5 Å². The van der Waals surface area contributed by atoms with Crippen LogP contribution in [0.15, 0.2) is 0 Å². The Morgan fingerprint density at radius 1 is 0.478 bits per heavy atom. The fourth-order valence-corrected chi connectivity index (χ4v) is 3.09. The molecule has 0 aromatic rings. The first-order chi connectivity index (χ1) is 9.50. The molecule has 140 valence electrons. The van der Waals surface area contributed by atoms with Gasteiger partial charge in [-0.1, -0.05) is 0 Å². The Labute approximate surface area is 120 Å². The van der Waals surface area contributed by atoms with E-state index >= 15 is 0 Å². The van der Waals surface area contributed by atoms with Crippen molar-refractivity contribution < 1.29 is 65.9 Å². The summed E-state index contributed by atoms with van der Waals surface area (Å²) in [5.41, 5.74) is -7.99. The summed E-state index contributed by atoms with van der Waals surface area (Å²) in [7, 11) is -9.30. The molecular weight excluding hydrogens is 421 g/mol. The Morgan fingerprint density at radius 2 is 0.739 bits per heavy atom. The molecule has 0 spiro atoms. The van der Waals surface area contributed by atoms with Gasteiger partial charge >= 0.3 is 42.5 Å². The van der Waals surface area contributed by atoms with Gasteiger partial charge in [-0.15, -0.1) is 11.1 Å². The minimum absolute atomic E-state index is 3.58. The van der Waals surface area contributed by atoms with E-state index in [-0.39, 0.29) is 0 Å². The highest BCUT2D eigenvalue weighted by Gasteiger charge is 2.96. The van der Waals surface area contributed by atoms with Crippen LogP contribution in [0.25, 0.3) is 0 Å². The van der Waals surface area contributed by atoms with Gasteiger partial charge in [0, 0.05) is 0 Å². The predicted molar refractivity (Wildman–Crippen MR) is 44.6 cm³/mol. The zero-order valence-corrected chi connectivity index (χ0v) is 11.3. The Balaban J connectivity index is 6.65. The van der Waals surface area contributed by atoms with Gasteiger partial charge in [-0.25, -0.2) is 8.78 Å². The van der Waals surface area contributed by atoms with E-state index in [1.54, 1.807) is 0 Å². The second kappa shape index (κ2) is 5.22. The van der Waals surface area contributed by atoms with Crippen molar-refractivity contribution in [1.29, 1.82) is 0 Å². The molecule has 0 saturated carbocycles. The zero-order chi connectivity index (χ0) is 19.5. The summed E-state index contributed by atoms with van der Waals surface area (Å²) >= 11 is 3.58. The van der Waals surface area contributed by atoms with Crippen molar-refractivity contribution in [3.63, 3.8) is 0 Å². The van der Waals surface area contributed by atoms with E-state index < -0.39 is 42.5 Å². The van der Waals surface area contributed by atoms with Crippen molar-refractivity contribution in [3.8, 4) is 0 Å². The summed E-state index contributed by atoms with van der Waals surface area (Å²) in [6.45, 7) is 0. The maximum atomic E-state index is 13.0. The topological polar surface area (TPSA) is 0 Å². The molecule has 0 heterocycles. The summed E-state index contributed by atoms with van der Waals surface area (Å²) in [5.74, 6) is -30.9. The van der Waals surface area contributed by atoms with E-state index in [0.717, 1.165) is 0 Å². The van der Waals surface area contributed by atoms with E-state index in [0.29, 0.717) is 0 Å². The molecule has 17 heteroatoms. The van der Waals surface area contributed by atoms with Gasteiger partial charge in [0.05, 0.1) is 0 Å². The minimum Gasteiger partial charge on any atom is -0.202 e. The largest absolute Gasteiger partial charge is 0.479 e. The highest BCUT2D eigenvalue weighted by atomic mass is 35.6. The molecular formula is C6ClF15Si. The first kappa shape index (κ1) is 22.5. The van der Waals surface area contributed by atoms with Crippen molar-refractivity contribution in [2.75, 3.05) is 0 Å². The molecule has 0 aliphatic carbocycles. The van der Waals surface area contributed by atoms with Crippen molar-refractivity contribution >= 4 is 18.5 Å². The normalized spacial score (nSPS) is 16.7. The van der Waals surface area contributed by atoms with Crippen LogP contribution in [0.2, 0.25) is 0 Å². The Kier molecular flexibility index (Phi) is 5.10. The van der Waals surface area contributed by atoms with E-state index in [9.17, 15) is 65.9 Å². The number of rotatable bonds is 3. The average molecular weight is 421 g/mol. The smallest absolute Gasteiger partial charge is 0.202 e. The van der Waals surface area contributed by atoms with Crippen LogP contribution >= 0.6 is 11.1 Å². The Hall–Kier alpha value is -0.543. The third-order valence-corrected chi connectivity index (χ3v) is 7.10. The summed E-state index contributed by atoms with van der Waals surface area (Å²) < 4.78 is 184. The average Bonchev–Trinajstić information content (AvgIpc) is 2.22. The van der Waals surface area contributed by atoms with E-state index in [4.69, 9.17) is 0 Å². The lowest BCUT2D eigenvalue weighted by Crippen LogP contribution is -2.78. The molecule has 0 aromatic carbocycles. The molecule has 0 saturated heterocycles. The number of alkyl halides is 15. The summed E-state index contributed by atoms with van der Waals surface area (Å²) in [6, 6.07) is 0. The first-order valence-corrected chi connectivity index (χ1v) is 7.54. The number of hydrogen-bond acceptors (Lipinski definition) is 0. The lowest BCUT2D eigenvalue weighted by molar-refractivity contribution is -0.386. The molecule has 23 heavy (non-hydrogen) atoms. The van der Waals surface area contributed by atoms with Gasteiger partial charge < -0.3 is 0 Å². The van der Waals surface area contributed by atoms with Crippen molar-refractivity contribution in [3.05, 3.63) is 0 Å². The molecule has 0 aliphatic heterocycles. The van der Waals surface area contributed by atoms with E-state index in [1.807, 2.05) is 0 Å². The molecule has 0 fully saturated rings. The van der Waals surface area contributed by atoms with Crippen LogP contribution < -0.4 is 0 Å². The second-order valence-corrected chi connectivity index (χ2v) is 8.65. The zero-order valence-electron chi connectivity index (χ0n) is 9.55. The van der Waals surface area contributed by atoms with Crippen LogP contribution in [0.1, 0.15) is 0 Å². The van der Waals surface area contributed by atoms with Gasteiger partial charge in [-0.05, 0) is 0 Å². The van der Waals surface area contributed by atoms with Crippen molar-refractivity contribution in [2.24, 2.45) is 0 Å². The second-order valence-electron chi connectivity index (χ2n) is 3.87. The molecule has 0 unspecified atom stereocenters. The quantitative estimate of drug-likeness (QED) is 0.327. The fourth-order valence-electron chi connectivity index (χ4n) is 1.11. The van der Waals surface area contributed by atoms with Gasteiger partial charge in [-0.2, -0.15) is 57.1 Å². The van der Waals surface area contributed by atoms with E-state index in [1.165, 1.54) is 0 Å². The van der Waals surface area contributed by atoms with Crippen LogP contribution in [-0.2, 0) is 0 Å². The lowest BCUT2D eigenvalue weighted by atomic mass is 10.1. The van der Waals surface area contributed by atoms with Gasteiger partial charge in [0.1, 0.15) is 0 Å². The molecule has 0 aromatic heterocycles. The standard InChI is InChI=1S/C6ClF15Si/c7-23(5(17,18)19,6(20,21)22)4(15,16)2(10,11)1(8,9)3(12,13)14. The summed E-state index contributed by atoms with van der Waals surface area (Å²) in [4.78, 5) is 0. The summed E-state index contributed by atoms with van der Waals surface area (Å²) in [6.07, 6.45) is -7.58. The highest BCUT2D eigenvalue weighted by Crippen LogP contribution is 2.62. The van der Waals surface area contributed by atoms with Gasteiger partial charge in [0.25, 0.3) is 0 Å². The van der Waals surface area contributed by atoms with Crippen molar-refractivity contribution in [2.45, 2.75) is 35.2 Å². The van der Waals surface area contributed by atoms with Crippen LogP contribution in [0.4, 0.5) is 65.9 Å². The molecule has 0 atom stereocenters. The first-order valence-electron chi connectivity index (χ1n) is 4.52. The Bertz CT molecular complexity index is 426. The van der Waals surface area contributed by atoms with Gasteiger partial charge in [0.15, 0.2) is 0 Å². The molecule has 0 bridgehead atoms. The highest BCUT2D eigenvalue weighted by molar-refractivity contribution is 7.23.